The maximum absolute atomic E-state index is 10.9. The van der Waals surface area contributed by atoms with Crippen molar-refractivity contribution >= 4 is 29.6 Å². The summed E-state index contributed by atoms with van der Waals surface area (Å²) >= 11 is 0. The standard InChI is InChI=1S/C35H54O4Si2/c1-12-27(16-14-18-31(36)37)28-17-13-15-25(23-28)19-20-26-21-22-29(32(34(2,3)4)38-40(8)9)30(24-26)33(35(5,6)7)39-41(10)11/h13-18,21-24,32-33,40-41H,12,19-20H2,1-11H3,(H,36,37). The molecule has 2 aromatic carbocycles. The SMILES string of the molecule is CCC(=CC=CC(=O)O)c1cccc(CCc2ccc(C(O[SiH](C)C)C(C)(C)C)c(C(O[SiH](C)C)C(C)(C)C)c2)c1. The summed E-state index contributed by atoms with van der Waals surface area (Å²) in [5.74, 6) is -0.933. The van der Waals surface area contributed by atoms with Crippen LogP contribution in [0.25, 0.3) is 5.57 Å². The van der Waals surface area contributed by atoms with Gasteiger partial charge in [-0.1, -0.05) is 103 Å². The van der Waals surface area contributed by atoms with Crippen molar-refractivity contribution in [2.75, 3.05) is 0 Å². The van der Waals surface area contributed by atoms with Gasteiger partial charge in [0.1, 0.15) is 0 Å². The van der Waals surface area contributed by atoms with Gasteiger partial charge >= 0.3 is 5.97 Å². The monoisotopic (exact) mass is 594 g/mol. The maximum Gasteiger partial charge on any atom is 0.328 e. The summed E-state index contributed by atoms with van der Waals surface area (Å²) in [5, 5.41) is 8.93. The molecular formula is C35H54O4Si2. The third kappa shape index (κ3) is 11.2. The minimum Gasteiger partial charge on any atom is -0.478 e. The molecule has 4 nitrogen and oxygen atoms in total. The Hall–Kier alpha value is -2.26. The molecule has 0 amide bonds. The molecule has 0 radical (unpaired) electrons. The first-order valence-corrected chi connectivity index (χ1v) is 20.7. The fraction of sp³-hybridized carbons (Fsp3) is 0.514. The number of hydrogen-bond donors (Lipinski definition) is 1. The van der Waals surface area contributed by atoms with E-state index in [1.807, 2.05) is 6.08 Å². The molecule has 0 aliphatic carbocycles. The quantitative estimate of drug-likeness (QED) is 0.143. The van der Waals surface area contributed by atoms with Crippen LogP contribution >= 0.6 is 0 Å². The Morgan fingerprint density at radius 1 is 0.829 bits per heavy atom. The molecule has 2 unspecified atom stereocenters. The van der Waals surface area contributed by atoms with Gasteiger partial charge in [-0.15, -0.1) is 0 Å². The van der Waals surface area contributed by atoms with Crippen molar-refractivity contribution in [1.82, 2.24) is 0 Å². The predicted molar refractivity (Wildman–Crippen MR) is 180 cm³/mol. The van der Waals surface area contributed by atoms with Crippen LogP contribution in [0.2, 0.25) is 26.2 Å². The molecule has 0 heterocycles. The molecule has 1 N–H and O–H groups in total. The lowest BCUT2D eigenvalue weighted by Gasteiger charge is -2.39. The molecule has 2 aromatic rings. The predicted octanol–water partition coefficient (Wildman–Crippen LogP) is 9.08. The number of benzene rings is 2. The zero-order chi connectivity index (χ0) is 31.0. The fourth-order valence-electron chi connectivity index (χ4n) is 5.16. The van der Waals surface area contributed by atoms with Crippen LogP contribution in [0.15, 0.2) is 60.7 Å². The third-order valence-corrected chi connectivity index (χ3v) is 8.66. The van der Waals surface area contributed by atoms with Crippen LogP contribution in [-0.2, 0) is 26.5 Å². The van der Waals surface area contributed by atoms with Gasteiger partial charge in [0.25, 0.3) is 0 Å². The molecular weight excluding hydrogens is 541 g/mol. The largest absolute Gasteiger partial charge is 0.478 e. The topological polar surface area (TPSA) is 55.8 Å². The van der Waals surface area contributed by atoms with Crippen LogP contribution in [-0.4, -0.2) is 29.2 Å². The molecule has 0 bridgehead atoms. The van der Waals surface area contributed by atoms with E-state index in [0.717, 1.165) is 30.4 Å². The van der Waals surface area contributed by atoms with E-state index in [1.165, 1.54) is 28.3 Å². The van der Waals surface area contributed by atoms with Gasteiger partial charge < -0.3 is 14.0 Å². The second kappa shape index (κ2) is 15.3. The first-order chi connectivity index (χ1) is 19.0. The summed E-state index contributed by atoms with van der Waals surface area (Å²) in [6.45, 7) is 24.8. The van der Waals surface area contributed by atoms with Gasteiger partial charge in [-0.3, -0.25) is 0 Å². The van der Waals surface area contributed by atoms with E-state index in [-0.39, 0.29) is 23.0 Å². The zero-order valence-electron chi connectivity index (χ0n) is 27.4. The lowest BCUT2D eigenvalue weighted by molar-refractivity contribution is -0.131. The van der Waals surface area contributed by atoms with Crippen molar-refractivity contribution in [1.29, 1.82) is 0 Å². The third-order valence-electron chi connectivity index (χ3n) is 7.02. The minimum atomic E-state index is -1.31. The second-order valence-corrected chi connectivity index (χ2v) is 18.5. The van der Waals surface area contributed by atoms with Crippen molar-refractivity contribution in [3.8, 4) is 0 Å². The van der Waals surface area contributed by atoms with E-state index in [9.17, 15) is 4.79 Å². The minimum absolute atomic E-state index is 0.00540. The van der Waals surface area contributed by atoms with Crippen molar-refractivity contribution < 1.29 is 18.8 Å². The molecule has 0 aromatic heterocycles. The Kier molecular flexibility index (Phi) is 13.0. The van der Waals surface area contributed by atoms with Crippen molar-refractivity contribution in [2.45, 2.75) is 106 Å². The average molecular weight is 595 g/mol. The lowest BCUT2D eigenvalue weighted by atomic mass is 9.77. The van der Waals surface area contributed by atoms with Crippen LogP contribution in [0.5, 0.6) is 0 Å². The number of hydrogen-bond acceptors (Lipinski definition) is 3. The average Bonchev–Trinajstić information content (AvgIpc) is 2.86. The number of carbonyl (C=O) groups is 1. The van der Waals surface area contributed by atoms with Crippen LogP contribution in [0.3, 0.4) is 0 Å². The van der Waals surface area contributed by atoms with Crippen LogP contribution < -0.4 is 0 Å². The van der Waals surface area contributed by atoms with Gasteiger partial charge in [-0.05, 0) is 89.7 Å². The van der Waals surface area contributed by atoms with Crippen LogP contribution in [0.4, 0.5) is 0 Å². The highest BCUT2D eigenvalue weighted by atomic mass is 28.3. The number of carboxylic acids is 1. The molecule has 0 fully saturated rings. The molecule has 2 rings (SSSR count). The van der Waals surface area contributed by atoms with Gasteiger partial charge in [-0.25, -0.2) is 4.79 Å². The zero-order valence-corrected chi connectivity index (χ0v) is 29.7. The first-order valence-electron chi connectivity index (χ1n) is 15.2. The number of rotatable bonds is 13. The highest BCUT2D eigenvalue weighted by Crippen LogP contribution is 2.45. The van der Waals surface area contributed by atoms with Crippen molar-refractivity contribution in [2.24, 2.45) is 10.8 Å². The number of allylic oxidation sites excluding steroid dienone is 3. The van der Waals surface area contributed by atoms with Crippen molar-refractivity contribution in [3.63, 3.8) is 0 Å². The molecule has 0 saturated heterocycles. The molecule has 226 valence electrons. The van der Waals surface area contributed by atoms with Gasteiger partial charge in [0, 0.05) is 6.08 Å². The van der Waals surface area contributed by atoms with Crippen LogP contribution in [0.1, 0.15) is 94.9 Å². The van der Waals surface area contributed by atoms with E-state index in [4.69, 9.17) is 14.0 Å². The summed E-state index contributed by atoms with van der Waals surface area (Å²) in [4.78, 5) is 10.9. The van der Waals surface area contributed by atoms with Gasteiger partial charge in [-0.2, -0.15) is 0 Å². The van der Waals surface area contributed by atoms with E-state index < -0.39 is 24.0 Å². The molecule has 41 heavy (non-hydrogen) atoms. The Morgan fingerprint density at radius 2 is 1.37 bits per heavy atom. The molecule has 0 spiro atoms. The van der Waals surface area contributed by atoms with E-state index in [0.29, 0.717) is 0 Å². The summed E-state index contributed by atoms with van der Waals surface area (Å²) in [6, 6.07) is 15.6. The molecule has 0 saturated carbocycles. The Balaban J connectivity index is 2.50. The maximum atomic E-state index is 10.9. The smallest absolute Gasteiger partial charge is 0.328 e. The normalized spacial score (nSPS) is 14.7. The van der Waals surface area contributed by atoms with Gasteiger partial charge in [0.2, 0.25) is 0 Å². The molecule has 2 atom stereocenters. The lowest BCUT2D eigenvalue weighted by Crippen LogP contribution is -2.31. The van der Waals surface area contributed by atoms with Crippen molar-refractivity contribution in [3.05, 3.63) is 88.5 Å². The van der Waals surface area contributed by atoms with E-state index >= 15 is 0 Å². The number of aryl methyl sites for hydroxylation is 2. The van der Waals surface area contributed by atoms with Crippen LogP contribution in [0, 0.1) is 10.8 Å². The Morgan fingerprint density at radius 3 is 1.85 bits per heavy atom. The number of carboxylic acid groups (broad SMARTS) is 1. The Labute approximate surface area is 253 Å². The van der Waals surface area contributed by atoms with Gasteiger partial charge in [0.15, 0.2) is 18.1 Å². The summed E-state index contributed by atoms with van der Waals surface area (Å²) in [7, 11) is -2.60. The fourth-order valence-corrected chi connectivity index (χ4v) is 7.36. The molecule has 6 heteroatoms. The summed E-state index contributed by atoms with van der Waals surface area (Å²) in [6.07, 6.45) is 7.40. The molecule has 0 aliphatic heterocycles. The highest BCUT2D eigenvalue weighted by molar-refractivity contribution is 6.48. The highest BCUT2D eigenvalue weighted by Gasteiger charge is 2.35. The van der Waals surface area contributed by atoms with Gasteiger partial charge in [0.05, 0.1) is 12.2 Å². The second-order valence-electron chi connectivity index (χ2n) is 13.8. The van der Waals surface area contributed by atoms with E-state index in [1.54, 1.807) is 6.08 Å². The Bertz CT molecular complexity index is 1200. The first kappa shape index (κ1) is 34.9. The molecule has 0 aliphatic rings. The summed E-state index contributed by atoms with van der Waals surface area (Å²) in [5.41, 5.74) is 7.32. The number of aliphatic carboxylic acids is 1. The summed E-state index contributed by atoms with van der Waals surface area (Å²) < 4.78 is 13.5. The van der Waals surface area contributed by atoms with E-state index in [2.05, 4.69) is 117 Å².